The van der Waals surface area contributed by atoms with Crippen molar-refractivity contribution in [2.45, 2.75) is 109 Å². The van der Waals surface area contributed by atoms with Crippen LogP contribution < -0.4 is 24.4 Å². The molecule has 17 heteroatoms. The number of aromatic nitrogens is 1. The summed E-state index contributed by atoms with van der Waals surface area (Å²) in [5.41, 5.74) is -4.76. The minimum atomic E-state index is -5.23. The number of alkyl halides is 3. The molecule has 5 aliphatic rings. The van der Waals surface area contributed by atoms with Crippen molar-refractivity contribution in [3.8, 4) is 17.4 Å². The van der Waals surface area contributed by atoms with E-state index in [2.05, 4.69) is 17.1 Å². The summed E-state index contributed by atoms with van der Waals surface area (Å²) in [5, 5.41) is 32.0. The second-order valence-electron chi connectivity index (χ2n) is 17.1. The maximum absolute atomic E-state index is 15.2. The van der Waals surface area contributed by atoms with E-state index in [4.69, 9.17) is 23.5 Å². The van der Waals surface area contributed by atoms with Crippen molar-refractivity contribution in [3.05, 3.63) is 52.0 Å². The zero-order chi connectivity index (χ0) is 42.8. The van der Waals surface area contributed by atoms with Gasteiger partial charge in [-0.15, -0.1) is 19.8 Å². The maximum Gasteiger partial charge on any atom is 0.573 e. The van der Waals surface area contributed by atoms with E-state index in [-0.39, 0.29) is 96.0 Å². The predicted molar refractivity (Wildman–Crippen MR) is 207 cm³/mol. The van der Waals surface area contributed by atoms with Gasteiger partial charge in [0.1, 0.15) is 22.7 Å². The van der Waals surface area contributed by atoms with Gasteiger partial charge >= 0.3 is 12.5 Å². The third-order valence-electron chi connectivity index (χ3n) is 12.0. The molecule has 0 spiro atoms. The number of halogens is 3. The molecule has 2 aliphatic heterocycles. The molecule has 3 heterocycles. The van der Waals surface area contributed by atoms with E-state index >= 15 is 4.79 Å². The zero-order valence-electron chi connectivity index (χ0n) is 34.3. The van der Waals surface area contributed by atoms with Crippen LogP contribution in [0.25, 0.3) is 0 Å². The maximum atomic E-state index is 15.2. The Bertz CT molecular complexity index is 2060. The van der Waals surface area contributed by atoms with Crippen LogP contribution in [0.5, 0.6) is 17.4 Å². The number of nitrogens with zero attached hydrogens (tertiary/aromatic N) is 3. The van der Waals surface area contributed by atoms with E-state index in [1.807, 2.05) is 18.7 Å². The molecule has 7 rings (SSSR count). The van der Waals surface area contributed by atoms with Crippen molar-refractivity contribution in [1.29, 1.82) is 0 Å². The zero-order valence-corrected chi connectivity index (χ0v) is 34.3. The van der Waals surface area contributed by atoms with Gasteiger partial charge in [0.05, 0.1) is 30.5 Å². The minimum Gasteiger partial charge on any atom is -0.508 e. The number of likely N-dealkylation sites (tertiary alicyclic amines) is 1. The van der Waals surface area contributed by atoms with Gasteiger partial charge in [-0.1, -0.05) is 32.8 Å². The van der Waals surface area contributed by atoms with E-state index in [9.17, 15) is 33.0 Å². The second-order valence-corrected chi connectivity index (χ2v) is 17.1. The Morgan fingerprint density at radius 3 is 2.44 bits per heavy atom. The summed E-state index contributed by atoms with van der Waals surface area (Å²) in [4.78, 5) is 47.0. The van der Waals surface area contributed by atoms with Crippen LogP contribution in [0.15, 0.2) is 28.5 Å². The Balaban J connectivity index is 1.48. The number of anilines is 1. The lowest BCUT2D eigenvalue weighted by atomic mass is 9.58. The van der Waals surface area contributed by atoms with Gasteiger partial charge in [-0.3, -0.25) is 19.4 Å². The number of amides is 1. The van der Waals surface area contributed by atoms with Crippen LogP contribution in [0.1, 0.15) is 123 Å². The molecule has 2 aromatic rings. The lowest BCUT2D eigenvalue weighted by Crippen LogP contribution is -2.59. The molecule has 0 saturated carbocycles. The summed E-state index contributed by atoms with van der Waals surface area (Å²) in [6.45, 7) is 13.6. The fourth-order valence-corrected chi connectivity index (χ4v) is 9.53. The molecule has 14 nitrogen and oxygen atoms in total. The number of rotatable bonds is 12. The Morgan fingerprint density at radius 1 is 1.10 bits per heavy atom. The molecule has 1 fully saturated rings. The molecule has 1 amide bonds. The van der Waals surface area contributed by atoms with Crippen LogP contribution in [-0.2, 0) is 11.2 Å². The van der Waals surface area contributed by atoms with Gasteiger partial charge in [-0.05, 0) is 83.5 Å². The van der Waals surface area contributed by atoms with Gasteiger partial charge in [-0.25, -0.2) is 4.79 Å². The summed E-state index contributed by atoms with van der Waals surface area (Å²) in [7, 11) is 1.78. The van der Waals surface area contributed by atoms with E-state index < -0.39 is 70.7 Å². The number of unbranched alkanes of at least 4 members (excludes halogenated alkanes) is 2. The van der Waals surface area contributed by atoms with Crippen molar-refractivity contribution in [2.75, 3.05) is 44.8 Å². The summed E-state index contributed by atoms with van der Waals surface area (Å²) in [6.07, 6.45) is -1.85. The smallest absolute Gasteiger partial charge is 0.508 e. The van der Waals surface area contributed by atoms with Crippen molar-refractivity contribution < 1.29 is 61.2 Å². The van der Waals surface area contributed by atoms with Gasteiger partial charge in [0.2, 0.25) is 5.78 Å². The van der Waals surface area contributed by atoms with Crippen molar-refractivity contribution in [1.82, 2.24) is 15.4 Å². The number of nitrogens with one attached hydrogen (secondary N) is 1. The van der Waals surface area contributed by atoms with E-state index in [1.54, 1.807) is 33.9 Å². The normalized spacial score (nSPS) is 26.3. The number of hydrogen-bond acceptors (Lipinski definition) is 13. The highest BCUT2D eigenvalue weighted by atomic mass is 19.4. The highest BCUT2D eigenvalue weighted by Crippen LogP contribution is 2.61. The third-order valence-corrected chi connectivity index (χ3v) is 12.0. The van der Waals surface area contributed by atoms with Gasteiger partial charge in [-0.2, -0.15) is 0 Å². The van der Waals surface area contributed by atoms with E-state index in [0.29, 0.717) is 32.2 Å². The highest BCUT2D eigenvalue weighted by Gasteiger charge is 2.64. The predicted octanol–water partition coefficient (Wildman–Crippen LogP) is 7.31. The average Bonchev–Trinajstić information content (AvgIpc) is 3.75. The molecule has 6 atom stereocenters. The average molecular weight is 831 g/mol. The lowest BCUT2D eigenvalue weighted by molar-refractivity contribution is -0.275. The van der Waals surface area contributed by atoms with Crippen molar-refractivity contribution in [2.24, 2.45) is 17.8 Å². The number of carbonyl (C=O) groups excluding carboxylic acids is 3. The van der Waals surface area contributed by atoms with Crippen LogP contribution in [0.3, 0.4) is 0 Å². The number of fused-ring (bicyclic) bond motifs is 7. The Kier molecular flexibility index (Phi) is 11.4. The minimum absolute atomic E-state index is 0.0287. The molecule has 1 saturated heterocycles. The fraction of sp³-hybridized carbons (Fsp3) is 0.619. The van der Waals surface area contributed by atoms with Crippen LogP contribution in [0.2, 0.25) is 0 Å². The van der Waals surface area contributed by atoms with E-state index in [1.165, 1.54) is 4.90 Å². The quantitative estimate of drug-likeness (QED) is 0.144. The molecule has 1 aromatic carbocycles. The molecule has 59 heavy (non-hydrogen) atoms. The Morgan fingerprint density at radius 2 is 1.80 bits per heavy atom. The number of ether oxygens (including phenoxy) is 4. The summed E-state index contributed by atoms with van der Waals surface area (Å²) in [6, 6.07) is -1.63. The van der Waals surface area contributed by atoms with Crippen molar-refractivity contribution >= 4 is 23.3 Å². The lowest BCUT2D eigenvalue weighted by Gasteiger charge is -2.48. The van der Waals surface area contributed by atoms with Crippen molar-refractivity contribution in [3.63, 3.8) is 0 Å². The number of hydrogen-bond donors (Lipinski definition) is 3. The number of benzene rings is 1. The SMILES string of the molecule is C=CCN[C@@H]1c2onc(OCCCC)c2C(=O)[C@@]2(O)C(O)=C3C(=O)c4c(c(OC(F)(F)F)c5c(c4OCCCC)N(C(=O)OC(C)(C)C)CC4CCN(C)C54)C[C@H]3C[C@@H]12. The molecular weight excluding hydrogens is 777 g/mol. The largest absolute Gasteiger partial charge is 0.573 e. The monoisotopic (exact) mass is 830 g/mol. The second kappa shape index (κ2) is 15.8. The molecule has 0 bridgehead atoms. The molecule has 0 radical (unpaired) electrons. The first-order valence-electron chi connectivity index (χ1n) is 20.4. The number of ketones is 2. The molecule has 1 aromatic heterocycles. The number of carbonyl (C=O) groups is 3. The topological polar surface area (TPSA) is 173 Å². The van der Waals surface area contributed by atoms with Gasteiger partial charge in [0.15, 0.2) is 22.9 Å². The number of Topliss-reactive ketones (excluding diaryl/α,β-unsaturated/α-hetero) is 2. The van der Waals surface area contributed by atoms with Crippen LogP contribution in [-0.4, -0.2) is 95.4 Å². The van der Waals surface area contributed by atoms with Crippen LogP contribution in [0.4, 0.5) is 23.7 Å². The highest BCUT2D eigenvalue weighted by molar-refractivity contribution is 6.18. The Hall–Kier alpha value is -4.61. The molecular formula is C42H53F3N4O10. The summed E-state index contributed by atoms with van der Waals surface area (Å²) < 4.78 is 72.9. The molecule has 3 N–H and O–H groups in total. The number of allylic oxidation sites excluding steroid dienone is 1. The molecule has 322 valence electrons. The number of aliphatic hydroxyl groups is 2. The molecule has 2 unspecified atom stereocenters. The van der Waals surface area contributed by atoms with Gasteiger partial charge in [0, 0.05) is 41.7 Å². The number of aliphatic hydroxyl groups excluding tert-OH is 1. The van der Waals surface area contributed by atoms with Crippen LogP contribution in [0, 0.1) is 17.8 Å². The standard InChI is InChI=1S/C42H53F3N4O10/c1-8-11-16-55-35-26-23(33(57-42(43,44)45)27-30-21(13-15-48(30)7)20-49(31(27)35)39(53)58-40(4,5)6)18-22-19-24-29(46-14-10-3)34-28(38(47-59-34)56-17-12-9-2)37(52)41(24,54)36(51)25(22)32(26)50/h10,21-22,24,29-30,46,51,54H,3,8-9,11-20H2,1-2,4-7H3/t21?,22-,24-,29-,30?,41-/m0/s1. The first kappa shape index (κ1) is 42.5. The summed E-state index contributed by atoms with van der Waals surface area (Å²) in [5.74, 6) is -6.32. The fourth-order valence-electron chi connectivity index (χ4n) is 9.53. The molecule has 3 aliphatic carbocycles. The first-order valence-corrected chi connectivity index (χ1v) is 20.4. The van der Waals surface area contributed by atoms with Gasteiger partial charge < -0.3 is 39.0 Å². The Labute approximate surface area is 340 Å². The first-order chi connectivity index (χ1) is 27.9. The third kappa shape index (κ3) is 7.26. The van der Waals surface area contributed by atoms with Gasteiger partial charge in [0.25, 0.3) is 5.88 Å². The van der Waals surface area contributed by atoms with E-state index in [0.717, 1.165) is 6.42 Å². The summed E-state index contributed by atoms with van der Waals surface area (Å²) >= 11 is 0. The van der Waals surface area contributed by atoms with Crippen LogP contribution >= 0.6 is 0 Å².